The zero-order valence-corrected chi connectivity index (χ0v) is 9.55. The first-order valence-electron chi connectivity index (χ1n) is 5.16. The minimum atomic E-state index is -3.02. The van der Waals surface area contributed by atoms with Gasteiger partial charge in [0, 0.05) is 25.2 Å². The normalized spacial score (nSPS) is 37.8. The van der Waals surface area contributed by atoms with E-state index in [-0.39, 0.29) is 6.04 Å². The van der Waals surface area contributed by atoms with Crippen molar-refractivity contribution in [2.24, 2.45) is 0 Å². The fourth-order valence-electron chi connectivity index (χ4n) is 2.59. The van der Waals surface area contributed by atoms with Crippen LogP contribution in [0.5, 0.6) is 0 Å². The highest BCUT2D eigenvalue weighted by atomic mass is 32.2. The Hall–Kier alpha value is -0.130. The minimum Gasteiger partial charge on any atom is -0.311 e. The van der Waals surface area contributed by atoms with Crippen LogP contribution in [0.3, 0.4) is 0 Å². The van der Waals surface area contributed by atoms with Crippen LogP contribution in [0.25, 0.3) is 0 Å². The van der Waals surface area contributed by atoms with Gasteiger partial charge in [-0.2, -0.15) is 0 Å². The van der Waals surface area contributed by atoms with Crippen LogP contribution in [-0.4, -0.2) is 44.2 Å². The molecule has 14 heavy (non-hydrogen) atoms. The molecule has 2 aliphatic rings. The van der Waals surface area contributed by atoms with Crippen LogP contribution in [-0.2, 0) is 10.0 Å². The Bertz CT molecular complexity index is 303. The van der Waals surface area contributed by atoms with Crippen LogP contribution in [0.1, 0.15) is 25.7 Å². The van der Waals surface area contributed by atoms with Crippen LogP contribution < -0.4 is 5.32 Å². The number of piperidine rings is 1. The van der Waals surface area contributed by atoms with Crippen LogP contribution in [0.15, 0.2) is 0 Å². The quantitative estimate of drug-likeness (QED) is 0.718. The number of nitrogens with one attached hydrogen (secondary N) is 1. The molecule has 0 saturated carbocycles. The van der Waals surface area contributed by atoms with E-state index in [2.05, 4.69) is 5.32 Å². The fraction of sp³-hybridized carbons (Fsp3) is 1.00. The van der Waals surface area contributed by atoms with E-state index in [4.69, 9.17) is 0 Å². The Kier molecular flexibility index (Phi) is 2.57. The SMILES string of the molecule is CN(C1CC2CCC(C1)N2)S(C)(=O)=O. The Morgan fingerprint density at radius 3 is 2.14 bits per heavy atom. The van der Waals surface area contributed by atoms with Crippen LogP contribution in [0, 0.1) is 0 Å². The Morgan fingerprint density at radius 2 is 1.71 bits per heavy atom. The molecular formula is C9H18N2O2S. The molecule has 2 fully saturated rings. The molecule has 0 spiro atoms. The molecule has 2 aliphatic heterocycles. The van der Waals surface area contributed by atoms with Gasteiger partial charge in [0.25, 0.3) is 0 Å². The number of rotatable bonds is 2. The first-order chi connectivity index (χ1) is 6.47. The molecule has 2 rings (SSSR count). The Balaban J connectivity index is 2.06. The van der Waals surface area contributed by atoms with Crippen LogP contribution >= 0.6 is 0 Å². The first-order valence-corrected chi connectivity index (χ1v) is 7.00. The van der Waals surface area contributed by atoms with Gasteiger partial charge in [-0.1, -0.05) is 0 Å². The molecule has 4 nitrogen and oxygen atoms in total. The van der Waals surface area contributed by atoms with Gasteiger partial charge in [0.15, 0.2) is 0 Å². The van der Waals surface area contributed by atoms with E-state index < -0.39 is 10.0 Å². The molecule has 5 heteroatoms. The van der Waals surface area contributed by atoms with Crippen molar-refractivity contribution in [3.8, 4) is 0 Å². The minimum absolute atomic E-state index is 0.212. The van der Waals surface area contributed by atoms with Crippen molar-refractivity contribution >= 4 is 10.0 Å². The van der Waals surface area contributed by atoms with Crippen molar-refractivity contribution in [3.63, 3.8) is 0 Å². The highest BCUT2D eigenvalue weighted by molar-refractivity contribution is 7.88. The summed E-state index contributed by atoms with van der Waals surface area (Å²) in [5, 5.41) is 3.51. The predicted octanol–water partition coefficient (Wildman–Crippen LogP) is 0.161. The van der Waals surface area contributed by atoms with Crippen molar-refractivity contribution in [1.29, 1.82) is 0 Å². The third kappa shape index (κ3) is 1.94. The van der Waals surface area contributed by atoms with Gasteiger partial charge in [0.2, 0.25) is 10.0 Å². The molecule has 82 valence electrons. The molecule has 2 atom stereocenters. The second-order valence-corrected chi connectivity index (χ2v) is 6.58. The van der Waals surface area contributed by atoms with E-state index in [9.17, 15) is 8.42 Å². The molecule has 0 aromatic carbocycles. The molecule has 0 aromatic heterocycles. The zero-order valence-electron chi connectivity index (χ0n) is 8.73. The topological polar surface area (TPSA) is 49.4 Å². The zero-order chi connectivity index (χ0) is 10.3. The average molecular weight is 218 g/mol. The van der Waals surface area contributed by atoms with E-state index in [1.807, 2.05) is 0 Å². The van der Waals surface area contributed by atoms with Crippen molar-refractivity contribution in [2.75, 3.05) is 13.3 Å². The van der Waals surface area contributed by atoms with Gasteiger partial charge in [-0.05, 0) is 25.7 Å². The molecule has 2 unspecified atom stereocenters. The summed E-state index contributed by atoms with van der Waals surface area (Å²) in [6.45, 7) is 0. The maximum atomic E-state index is 11.4. The van der Waals surface area contributed by atoms with Gasteiger partial charge in [0.1, 0.15) is 0 Å². The van der Waals surface area contributed by atoms with E-state index in [1.54, 1.807) is 11.4 Å². The van der Waals surface area contributed by atoms with Gasteiger partial charge in [-0.15, -0.1) is 0 Å². The van der Waals surface area contributed by atoms with Crippen LogP contribution in [0.4, 0.5) is 0 Å². The van der Waals surface area contributed by atoms with Gasteiger partial charge >= 0.3 is 0 Å². The molecule has 0 radical (unpaired) electrons. The summed E-state index contributed by atoms with van der Waals surface area (Å²) in [5.41, 5.74) is 0. The van der Waals surface area contributed by atoms with Gasteiger partial charge in [0.05, 0.1) is 6.26 Å². The van der Waals surface area contributed by atoms with E-state index >= 15 is 0 Å². The van der Waals surface area contributed by atoms with Crippen molar-refractivity contribution in [2.45, 2.75) is 43.8 Å². The third-order valence-corrected chi connectivity index (χ3v) is 4.83. The predicted molar refractivity (Wildman–Crippen MR) is 55.6 cm³/mol. The average Bonchev–Trinajstić information content (AvgIpc) is 2.42. The lowest BCUT2D eigenvalue weighted by Gasteiger charge is -2.34. The highest BCUT2D eigenvalue weighted by Gasteiger charge is 2.37. The van der Waals surface area contributed by atoms with Crippen LogP contribution in [0.2, 0.25) is 0 Å². The van der Waals surface area contributed by atoms with Gasteiger partial charge < -0.3 is 5.32 Å². The lowest BCUT2D eigenvalue weighted by molar-refractivity contribution is 0.252. The monoisotopic (exact) mass is 218 g/mol. The largest absolute Gasteiger partial charge is 0.311 e. The lowest BCUT2D eigenvalue weighted by atomic mass is 10.0. The molecule has 0 aromatic rings. The molecule has 1 N–H and O–H groups in total. The molecule has 2 heterocycles. The molecule has 2 bridgehead atoms. The fourth-order valence-corrected chi connectivity index (χ4v) is 3.31. The Morgan fingerprint density at radius 1 is 1.21 bits per heavy atom. The summed E-state index contributed by atoms with van der Waals surface area (Å²) in [6, 6.07) is 1.30. The maximum absolute atomic E-state index is 11.4. The van der Waals surface area contributed by atoms with Crippen molar-refractivity contribution < 1.29 is 8.42 Å². The number of hydrogen-bond donors (Lipinski definition) is 1. The standard InChI is InChI=1S/C9H18N2O2S/c1-11(14(2,12)13)9-5-7-3-4-8(6-9)10-7/h7-10H,3-6H2,1-2H3. The second kappa shape index (κ2) is 3.47. The first kappa shape index (κ1) is 10.4. The number of fused-ring (bicyclic) bond motifs is 2. The van der Waals surface area contributed by atoms with Gasteiger partial charge in [-0.25, -0.2) is 12.7 Å². The Labute approximate surface area is 85.7 Å². The summed E-state index contributed by atoms with van der Waals surface area (Å²) in [5.74, 6) is 0. The second-order valence-electron chi connectivity index (χ2n) is 4.54. The molecule has 0 aliphatic carbocycles. The third-order valence-electron chi connectivity index (χ3n) is 3.49. The highest BCUT2D eigenvalue weighted by Crippen LogP contribution is 2.29. The summed E-state index contributed by atoms with van der Waals surface area (Å²) >= 11 is 0. The summed E-state index contributed by atoms with van der Waals surface area (Å²) in [4.78, 5) is 0. The maximum Gasteiger partial charge on any atom is 0.211 e. The van der Waals surface area contributed by atoms with Crippen molar-refractivity contribution in [3.05, 3.63) is 0 Å². The summed E-state index contributed by atoms with van der Waals surface area (Å²) in [6.07, 6.45) is 5.65. The summed E-state index contributed by atoms with van der Waals surface area (Å²) in [7, 11) is -1.32. The smallest absolute Gasteiger partial charge is 0.211 e. The molecule has 0 amide bonds. The van der Waals surface area contributed by atoms with Crippen molar-refractivity contribution in [1.82, 2.24) is 9.62 Å². The number of hydrogen-bond acceptors (Lipinski definition) is 3. The lowest BCUT2D eigenvalue weighted by Crippen LogP contribution is -2.48. The number of sulfonamides is 1. The van der Waals surface area contributed by atoms with E-state index in [0.717, 1.165) is 12.8 Å². The molecule has 2 saturated heterocycles. The van der Waals surface area contributed by atoms with E-state index in [0.29, 0.717) is 12.1 Å². The molecular weight excluding hydrogens is 200 g/mol. The van der Waals surface area contributed by atoms with E-state index in [1.165, 1.54) is 19.1 Å². The number of nitrogens with zero attached hydrogens (tertiary/aromatic N) is 1. The van der Waals surface area contributed by atoms with Gasteiger partial charge in [-0.3, -0.25) is 0 Å². The summed E-state index contributed by atoms with van der Waals surface area (Å²) < 4.78 is 24.3.